The van der Waals surface area contributed by atoms with Gasteiger partial charge in [0.15, 0.2) is 0 Å². The van der Waals surface area contributed by atoms with Crippen molar-refractivity contribution in [1.29, 1.82) is 0 Å². The molecule has 0 aliphatic rings. The average molecular weight is 342 g/mol. The van der Waals surface area contributed by atoms with Crippen LogP contribution in [0.5, 0.6) is 0 Å². The number of aryl methyl sites for hydroxylation is 1. The molecule has 5 nitrogen and oxygen atoms in total. The number of carbonyl (C=O) groups is 1. The first-order valence-electron chi connectivity index (χ1n) is 8.18. The molecule has 0 saturated carbocycles. The van der Waals surface area contributed by atoms with Gasteiger partial charge in [-0.25, -0.2) is 9.78 Å². The lowest BCUT2D eigenvalue weighted by Gasteiger charge is -2.36. The number of nitrogens with zero attached hydrogens (tertiary/aromatic N) is 2. The van der Waals surface area contributed by atoms with E-state index in [1.54, 1.807) is 16.2 Å². The maximum absolute atomic E-state index is 12.4. The van der Waals surface area contributed by atoms with Gasteiger partial charge >= 0.3 is 6.09 Å². The van der Waals surface area contributed by atoms with Gasteiger partial charge in [-0.3, -0.25) is 0 Å². The van der Waals surface area contributed by atoms with Crippen LogP contribution in [0.15, 0.2) is 6.20 Å². The molecule has 1 aromatic heterocycles. The molecule has 1 heterocycles. The van der Waals surface area contributed by atoms with E-state index in [1.165, 1.54) is 4.88 Å². The second kappa shape index (κ2) is 8.11. The van der Waals surface area contributed by atoms with Gasteiger partial charge in [-0.1, -0.05) is 6.92 Å². The molecule has 1 aromatic rings. The van der Waals surface area contributed by atoms with Crippen molar-refractivity contribution in [3.8, 4) is 0 Å². The van der Waals surface area contributed by atoms with Gasteiger partial charge in [-0.05, 0) is 48.0 Å². The SMILES string of the molecule is CCc1cnc(CNCCN(C(=O)OC(C)(C)C)C(C)(C)C)s1. The first kappa shape index (κ1) is 19.9. The quantitative estimate of drug-likeness (QED) is 0.799. The Labute approximate surface area is 144 Å². The number of carbonyl (C=O) groups excluding carboxylic acids is 1. The Kier molecular flexibility index (Phi) is 7.02. The van der Waals surface area contributed by atoms with Gasteiger partial charge in [-0.2, -0.15) is 0 Å². The van der Waals surface area contributed by atoms with E-state index >= 15 is 0 Å². The first-order valence-corrected chi connectivity index (χ1v) is 8.99. The minimum Gasteiger partial charge on any atom is -0.444 e. The van der Waals surface area contributed by atoms with E-state index in [-0.39, 0.29) is 11.6 Å². The standard InChI is InChI=1S/C17H31N3O2S/c1-8-13-11-19-14(23-13)12-18-9-10-20(16(2,3)4)15(21)22-17(5,6)7/h11,18H,8-10,12H2,1-7H3. The lowest BCUT2D eigenvalue weighted by molar-refractivity contribution is 0.00663. The monoisotopic (exact) mass is 341 g/mol. The summed E-state index contributed by atoms with van der Waals surface area (Å²) in [6.07, 6.45) is 2.69. The highest BCUT2D eigenvalue weighted by Gasteiger charge is 2.30. The highest BCUT2D eigenvalue weighted by atomic mass is 32.1. The number of aromatic nitrogens is 1. The fourth-order valence-electron chi connectivity index (χ4n) is 2.00. The van der Waals surface area contributed by atoms with E-state index in [4.69, 9.17) is 4.74 Å². The Morgan fingerprint density at radius 3 is 2.43 bits per heavy atom. The average Bonchev–Trinajstić information content (AvgIpc) is 2.82. The van der Waals surface area contributed by atoms with Crippen molar-refractivity contribution in [3.05, 3.63) is 16.1 Å². The molecule has 0 aromatic carbocycles. The van der Waals surface area contributed by atoms with E-state index in [0.29, 0.717) is 13.1 Å². The zero-order chi connectivity index (χ0) is 17.7. The molecule has 0 aliphatic carbocycles. The highest BCUT2D eigenvalue weighted by molar-refractivity contribution is 7.11. The van der Waals surface area contributed by atoms with Crippen LogP contribution in [0.3, 0.4) is 0 Å². The molecule has 0 fully saturated rings. The van der Waals surface area contributed by atoms with E-state index < -0.39 is 5.60 Å². The summed E-state index contributed by atoms with van der Waals surface area (Å²) in [6.45, 7) is 15.9. The smallest absolute Gasteiger partial charge is 0.410 e. The molecule has 1 rings (SSSR count). The maximum Gasteiger partial charge on any atom is 0.410 e. The van der Waals surface area contributed by atoms with Crippen LogP contribution in [-0.4, -0.2) is 40.2 Å². The summed E-state index contributed by atoms with van der Waals surface area (Å²) in [5.41, 5.74) is -0.758. The van der Waals surface area contributed by atoms with Gasteiger partial charge in [0.25, 0.3) is 0 Å². The minimum atomic E-state index is -0.481. The van der Waals surface area contributed by atoms with Gasteiger partial charge < -0.3 is 15.0 Å². The van der Waals surface area contributed by atoms with Gasteiger partial charge in [0.2, 0.25) is 0 Å². The minimum absolute atomic E-state index is 0.269. The van der Waals surface area contributed by atoms with Crippen LogP contribution in [-0.2, 0) is 17.7 Å². The molecule has 0 radical (unpaired) electrons. The Morgan fingerprint density at radius 2 is 1.96 bits per heavy atom. The lowest BCUT2D eigenvalue weighted by atomic mass is 10.1. The molecular weight excluding hydrogens is 310 g/mol. The van der Waals surface area contributed by atoms with Gasteiger partial charge in [0.1, 0.15) is 10.6 Å². The van der Waals surface area contributed by atoms with Crippen LogP contribution in [0.1, 0.15) is 58.4 Å². The van der Waals surface area contributed by atoms with Crippen molar-refractivity contribution >= 4 is 17.4 Å². The van der Waals surface area contributed by atoms with Crippen LogP contribution < -0.4 is 5.32 Å². The lowest BCUT2D eigenvalue weighted by Crippen LogP contribution is -2.50. The van der Waals surface area contributed by atoms with Gasteiger partial charge in [0.05, 0.1) is 0 Å². The van der Waals surface area contributed by atoms with E-state index in [0.717, 1.165) is 18.0 Å². The number of hydrogen-bond donors (Lipinski definition) is 1. The third kappa shape index (κ3) is 7.31. The second-order valence-corrected chi connectivity index (χ2v) is 8.75. The molecule has 1 amide bonds. The largest absolute Gasteiger partial charge is 0.444 e. The summed E-state index contributed by atoms with van der Waals surface area (Å²) >= 11 is 1.73. The zero-order valence-electron chi connectivity index (χ0n) is 15.5. The molecule has 0 unspecified atom stereocenters. The predicted molar refractivity (Wildman–Crippen MR) is 95.9 cm³/mol. The Hall–Kier alpha value is -1.14. The number of hydrogen-bond acceptors (Lipinski definition) is 5. The third-order valence-corrected chi connectivity index (χ3v) is 4.30. The Balaban J connectivity index is 2.50. The molecule has 0 spiro atoms. The predicted octanol–water partition coefficient (Wildman–Crippen LogP) is 3.83. The van der Waals surface area contributed by atoms with E-state index in [1.807, 2.05) is 47.7 Å². The number of nitrogens with one attached hydrogen (secondary N) is 1. The number of thiazole rings is 1. The summed E-state index contributed by atoms with van der Waals surface area (Å²) < 4.78 is 5.51. The van der Waals surface area contributed by atoms with Crippen LogP contribution in [0.2, 0.25) is 0 Å². The molecule has 132 valence electrons. The van der Waals surface area contributed by atoms with Crippen LogP contribution in [0.25, 0.3) is 0 Å². The fraction of sp³-hybridized carbons (Fsp3) is 0.765. The summed E-state index contributed by atoms with van der Waals surface area (Å²) in [7, 11) is 0. The van der Waals surface area contributed by atoms with E-state index in [2.05, 4.69) is 17.2 Å². The first-order chi connectivity index (χ1) is 10.5. The maximum atomic E-state index is 12.4. The topological polar surface area (TPSA) is 54.5 Å². The summed E-state index contributed by atoms with van der Waals surface area (Å²) in [5.74, 6) is 0. The number of rotatable bonds is 6. The summed E-state index contributed by atoms with van der Waals surface area (Å²) in [4.78, 5) is 19.8. The number of ether oxygens (including phenoxy) is 1. The normalized spacial score (nSPS) is 12.3. The summed E-state index contributed by atoms with van der Waals surface area (Å²) in [6, 6.07) is 0. The molecule has 6 heteroatoms. The second-order valence-electron chi connectivity index (χ2n) is 7.55. The summed E-state index contributed by atoms with van der Waals surface area (Å²) in [5, 5.41) is 4.44. The van der Waals surface area contributed by atoms with Crippen molar-refractivity contribution < 1.29 is 9.53 Å². The van der Waals surface area contributed by atoms with Crippen LogP contribution in [0, 0.1) is 0 Å². The van der Waals surface area contributed by atoms with Crippen LogP contribution >= 0.6 is 11.3 Å². The fourth-order valence-corrected chi connectivity index (χ4v) is 2.83. The van der Waals surface area contributed by atoms with Crippen molar-refractivity contribution in [3.63, 3.8) is 0 Å². The molecule has 0 atom stereocenters. The van der Waals surface area contributed by atoms with Crippen molar-refractivity contribution in [1.82, 2.24) is 15.2 Å². The molecule has 1 N–H and O–H groups in total. The van der Waals surface area contributed by atoms with Crippen LogP contribution in [0.4, 0.5) is 4.79 Å². The Bertz CT molecular complexity index is 501. The molecule has 0 bridgehead atoms. The van der Waals surface area contributed by atoms with Crippen molar-refractivity contribution in [2.75, 3.05) is 13.1 Å². The zero-order valence-corrected chi connectivity index (χ0v) is 16.3. The van der Waals surface area contributed by atoms with E-state index in [9.17, 15) is 4.79 Å². The third-order valence-electron chi connectivity index (χ3n) is 3.16. The van der Waals surface area contributed by atoms with Crippen molar-refractivity contribution in [2.24, 2.45) is 0 Å². The number of amides is 1. The Morgan fingerprint density at radius 1 is 1.30 bits per heavy atom. The molecule has 0 saturated heterocycles. The molecular formula is C17H31N3O2S. The highest BCUT2D eigenvalue weighted by Crippen LogP contribution is 2.18. The van der Waals surface area contributed by atoms with Crippen molar-refractivity contribution in [2.45, 2.75) is 72.6 Å². The van der Waals surface area contributed by atoms with Gasteiger partial charge in [0, 0.05) is 36.2 Å². The molecule has 23 heavy (non-hydrogen) atoms. The van der Waals surface area contributed by atoms with Gasteiger partial charge in [-0.15, -0.1) is 11.3 Å². The molecule has 0 aliphatic heterocycles.